The van der Waals surface area contributed by atoms with E-state index in [2.05, 4.69) is 15.6 Å². The summed E-state index contributed by atoms with van der Waals surface area (Å²) < 4.78 is 13.5. The van der Waals surface area contributed by atoms with E-state index in [1.165, 1.54) is 17.4 Å². The van der Waals surface area contributed by atoms with Gasteiger partial charge in [0.2, 0.25) is 0 Å². The molecule has 4 nitrogen and oxygen atoms in total. The molecule has 1 amide bonds. The predicted octanol–water partition coefficient (Wildman–Crippen LogP) is 2.95. The molecule has 1 aromatic heterocycles. The minimum Gasteiger partial charge on any atom is -0.362 e. The lowest BCUT2D eigenvalue weighted by Crippen LogP contribution is -2.23. The molecule has 2 rings (SSSR count). The Hall–Kier alpha value is -1.95. The van der Waals surface area contributed by atoms with Gasteiger partial charge in [0, 0.05) is 18.7 Å². The summed E-state index contributed by atoms with van der Waals surface area (Å²) in [7, 11) is 0. The molecule has 2 N–H and O–H groups in total. The van der Waals surface area contributed by atoms with Crippen molar-refractivity contribution in [3.8, 4) is 0 Å². The normalized spacial score (nSPS) is 10.3. The third-order valence-electron chi connectivity index (χ3n) is 2.73. The molecule has 0 aliphatic rings. The minimum atomic E-state index is -0.317. The third-order valence-corrected chi connectivity index (χ3v) is 3.84. The number of thiazole rings is 1. The topological polar surface area (TPSA) is 54.0 Å². The number of hydrogen-bond acceptors (Lipinski definition) is 4. The van der Waals surface area contributed by atoms with Crippen molar-refractivity contribution in [3.63, 3.8) is 0 Å². The largest absolute Gasteiger partial charge is 0.362 e. The Bertz CT molecular complexity index is 612. The molecule has 2 aromatic rings. The second kappa shape index (κ2) is 6.47. The van der Waals surface area contributed by atoms with E-state index in [1.54, 1.807) is 25.1 Å². The smallest absolute Gasteiger partial charge is 0.263 e. The Morgan fingerprint density at radius 1 is 1.40 bits per heavy atom. The van der Waals surface area contributed by atoms with Crippen LogP contribution >= 0.6 is 11.3 Å². The van der Waals surface area contributed by atoms with Crippen LogP contribution in [-0.4, -0.2) is 17.4 Å². The fourth-order valence-corrected chi connectivity index (χ4v) is 2.68. The minimum absolute atomic E-state index is 0.166. The van der Waals surface area contributed by atoms with Crippen LogP contribution in [0.5, 0.6) is 0 Å². The van der Waals surface area contributed by atoms with Crippen LogP contribution in [0, 0.1) is 12.7 Å². The number of nitrogens with zero attached hydrogens (tertiary/aromatic N) is 1. The zero-order valence-electron chi connectivity index (χ0n) is 11.4. The molecule has 0 saturated carbocycles. The number of carbonyl (C=O) groups is 1. The Labute approximate surface area is 121 Å². The second-order valence-electron chi connectivity index (χ2n) is 4.24. The highest BCUT2D eigenvalue weighted by molar-refractivity contribution is 7.17. The van der Waals surface area contributed by atoms with Gasteiger partial charge in [-0.05, 0) is 19.9 Å². The summed E-state index contributed by atoms with van der Waals surface area (Å²) in [4.78, 5) is 16.9. The van der Waals surface area contributed by atoms with Crippen LogP contribution in [0.2, 0.25) is 0 Å². The molecule has 20 heavy (non-hydrogen) atoms. The lowest BCUT2D eigenvalue weighted by atomic mass is 10.2. The molecule has 0 aliphatic carbocycles. The second-order valence-corrected chi connectivity index (χ2v) is 5.24. The number of carbonyl (C=O) groups excluding carboxylic acids is 1. The summed E-state index contributed by atoms with van der Waals surface area (Å²) in [6.07, 6.45) is 0. The van der Waals surface area contributed by atoms with Gasteiger partial charge in [0.25, 0.3) is 5.91 Å². The van der Waals surface area contributed by atoms with Crippen LogP contribution < -0.4 is 10.6 Å². The molecule has 0 aliphatic heterocycles. The summed E-state index contributed by atoms with van der Waals surface area (Å²) in [6, 6.07) is 6.39. The number of anilines is 1. The number of hydrogen-bond donors (Lipinski definition) is 2. The number of benzene rings is 1. The Balaban J connectivity index is 2.03. The summed E-state index contributed by atoms with van der Waals surface area (Å²) in [6.45, 7) is 4.67. The Kier molecular flexibility index (Phi) is 4.68. The zero-order valence-corrected chi connectivity index (χ0v) is 12.2. The molecule has 106 valence electrons. The quantitative estimate of drug-likeness (QED) is 0.891. The van der Waals surface area contributed by atoms with E-state index < -0.39 is 0 Å². The highest BCUT2D eigenvalue weighted by Gasteiger charge is 2.15. The molecule has 0 atom stereocenters. The molecule has 0 spiro atoms. The first kappa shape index (κ1) is 14.5. The van der Waals surface area contributed by atoms with Crippen molar-refractivity contribution in [3.05, 3.63) is 46.2 Å². The number of amides is 1. The molecule has 0 bridgehead atoms. The fraction of sp³-hybridized carbons (Fsp3) is 0.286. The third kappa shape index (κ3) is 3.33. The average Bonchev–Trinajstić information content (AvgIpc) is 2.79. The first-order valence-corrected chi connectivity index (χ1v) is 7.16. The van der Waals surface area contributed by atoms with Gasteiger partial charge in [-0.1, -0.05) is 29.5 Å². The van der Waals surface area contributed by atoms with Crippen molar-refractivity contribution in [2.24, 2.45) is 0 Å². The van der Waals surface area contributed by atoms with E-state index in [0.29, 0.717) is 16.1 Å². The van der Waals surface area contributed by atoms with Crippen molar-refractivity contribution in [1.29, 1.82) is 0 Å². The molecule has 0 fully saturated rings. The molecule has 1 heterocycles. The lowest BCUT2D eigenvalue weighted by molar-refractivity contribution is 0.0954. The molecule has 0 unspecified atom stereocenters. The van der Waals surface area contributed by atoms with Crippen LogP contribution in [0.3, 0.4) is 0 Å². The summed E-state index contributed by atoms with van der Waals surface area (Å²) in [5, 5.41) is 6.51. The SMILES string of the molecule is CCNc1nc(C)c(C(=O)NCc2ccccc2F)s1. The number of halogens is 1. The summed E-state index contributed by atoms with van der Waals surface area (Å²) in [5.74, 6) is -0.547. The van der Waals surface area contributed by atoms with Gasteiger partial charge in [-0.25, -0.2) is 9.37 Å². The van der Waals surface area contributed by atoms with Gasteiger partial charge in [-0.15, -0.1) is 0 Å². The Morgan fingerprint density at radius 3 is 2.85 bits per heavy atom. The maximum Gasteiger partial charge on any atom is 0.263 e. The highest BCUT2D eigenvalue weighted by atomic mass is 32.1. The number of aryl methyl sites for hydroxylation is 1. The van der Waals surface area contributed by atoms with E-state index in [9.17, 15) is 9.18 Å². The van der Waals surface area contributed by atoms with Crippen LogP contribution in [0.4, 0.5) is 9.52 Å². The van der Waals surface area contributed by atoms with E-state index >= 15 is 0 Å². The molecular weight excluding hydrogens is 277 g/mol. The standard InChI is InChI=1S/C14H16FN3OS/c1-3-16-14-18-9(2)12(20-14)13(19)17-8-10-6-4-5-7-11(10)15/h4-7H,3,8H2,1-2H3,(H,16,18)(H,17,19). The Morgan fingerprint density at radius 2 is 2.15 bits per heavy atom. The number of aromatic nitrogens is 1. The molecular formula is C14H16FN3OS. The maximum atomic E-state index is 13.5. The van der Waals surface area contributed by atoms with Gasteiger partial charge in [-0.2, -0.15) is 0 Å². The van der Waals surface area contributed by atoms with E-state index in [1.807, 2.05) is 6.92 Å². The number of nitrogens with one attached hydrogen (secondary N) is 2. The van der Waals surface area contributed by atoms with Gasteiger partial charge in [0.1, 0.15) is 10.7 Å². The maximum absolute atomic E-state index is 13.5. The first-order chi connectivity index (χ1) is 9.61. The number of rotatable bonds is 5. The molecule has 0 radical (unpaired) electrons. The van der Waals surface area contributed by atoms with Crippen molar-refractivity contribution >= 4 is 22.4 Å². The average molecular weight is 293 g/mol. The zero-order chi connectivity index (χ0) is 14.5. The summed E-state index contributed by atoms with van der Waals surface area (Å²) >= 11 is 1.30. The molecule has 6 heteroatoms. The molecule has 0 saturated heterocycles. The fourth-order valence-electron chi connectivity index (χ4n) is 1.73. The van der Waals surface area contributed by atoms with Gasteiger partial charge in [0.15, 0.2) is 5.13 Å². The van der Waals surface area contributed by atoms with Crippen molar-refractivity contribution < 1.29 is 9.18 Å². The monoisotopic (exact) mass is 293 g/mol. The van der Waals surface area contributed by atoms with E-state index in [0.717, 1.165) is 11.7 Å². The van der Waals surface area contributed by atoms with Crippen molar-refractivity contribution in [2.45, 2.75) is 20.4 Å². The first-order valence-electron chi connectivity index (χ1n) is 6.34. The predicted molar refractivity (Wildman–Crippen MR) is 78.6 cm³/mol. The van der Waals surface area contributed by atoms with Crippen molar-refractivity contribution in [1.82, 2.24) is 10.3 Å². The van der Waals surface area contributed by atoms with Crippen LogP contribution in [0.25, 0.3) is 0 Å². The van der Waals surface area contributed by atoms with E-state index in [4.69, 9.17) is 0 Å². The van der Waals surface area contributed by atoms with Crippen LogP contribution in [0.15, 0.2) is 24.3 Å². The van der Waals surface area contributed by atoms with Gasteiger partial charge in [0.05, 0.1) is 5.69 Å². The van der Waals surface area contributed by atoms with Gasteiger partial charge < -0.3 is 10.6 Å². The van der Waals surface area contributed by atoms with Crippen LogP contribution in [-0.2, 0) is 6.54 Å². The van der Waals surface area contributed by atoms with Crippen molar-refractivity contribution in [2.75, 3.05) is 11.9 Å². The lowest BCUT2D eigenvalue weighted by Gasteiger charge is -2.05. The van der Waals surface area contributed by atoms with Crippen LogP contribution in [0.1, 0.15) is 27.9 Å². The van der Waals surface area contributed by atoms with E-state index in [-0.39, 0.29) is 18.3 Å². The molecule has 1 aromatic carbocycles. The van der Waals surface area contributed by atoms with Gasteiger partial charge >= 0.3 is 0 Å². The van der Waals surface area contributed by atoms with Gasteiger partial charge in [-0.3, -0.25) is 4.79 Å². The summed E-state index contributed by atoms with van der Waals surface area (Å²) in [5.41, 5.74) is 1.15. The highest BCUT2D eigenvalue weighted by Crippen LogP contribution is 2.22.